The molecule has 2 aromatic carbocycles. The molecule has 0 radical (unpaired) electrons. The third-order valence-corrected chi connectivity index (χ3v) is 4.03. The normalized spacial score (nSPS) is 11.0. The van der Waals surface area contributed by atoms with Crippen molar-refractivity contribution < 1.29 is 9.53 Å². The maximum atomic E-state index is 12.0. The van der Waals surface area contributed by atoms with Crippen LogP contribution in [0.5, 0.6) is 5.75 Å². The number of thiazole rings is 1. The summed E-state index contributed by atoms with van der Waals surface area (Å²) < 4.78 is 6.29. The van der Waals surface area contributed by atoms with Crippen molar-refractivity contribution in [2.45, 2.75) is 0 Å². The first-order chi connectivity index (χ1) is 10.8. The Balaban J connectivity index is 1.73. The number of para-hydroxylation sites is 2. The Morgan fingerprint density at radius 3 is 2.77 bits per heavy atom. The van der Waals surface area contributed by atoms with Crippen LogP contribution in [0.2, 0.25) is 0 Å². The minimum absolute atomic E-state index is 0.218. The van der Waals surface area contributed by atoms with Crippen LogP contribution in [0.1, 0.15) is 5.56 Å². The molecule has 1 N–H and O–H groups in total. The number of methoxy groups -OCH3 is 1. The van der Waals surface area contributed by atoms with Gasteiger partial charge >= 0.3 is 0 Å². The van der Waals surface area contributed by atoms with Crippen molar-refractivity contribution in [1.82, 2.24) is 4.98 Å². The molecule has 0 aliphatic heterocycles. The molecule has 0 bridgehead atoms. The number of rotatable bonds is 4. The Bertz CT molecular complexity index is 806. The lowest BCUT2D eigenvalue weighted by Gasteiger charge is -2.03. The minimum Gasteiger partial charge on any atom is -0.496 e. The molecule has 3 aromatic rings. The van der Waals surface area contributed by atoms with Crippen molar-refractivity contribution >= 4 is 38.7 Å². The molecule has 0 aliphatic rings. The molecule has 0 fully saturated rings. The molecule has 110 valence electrons. The molecule has 0 unspecified atom stereocenters. The van der Waals surface area contributed by atoms with Gasteiger partial charge < -0.3 is 4.74 Å². The van der Waals surface area contributed by atoms with E-state index in [1.165, 1.54) is 17.4 Å². The number of nitrogens with one attached hydrogen (secondary N) is 1. The molecular weight excluding hydrogens is 296 g/mol. The van der Waals surface area contributed by atoms with Crippen LogP contribution in [0, 0.1) is 0 Å². The molecule has 0 aliphatic carbocycles. The smallest absolute Gasteiger partial charge is 0.250 e. The van der Waals surface area contributed by atoms with Gasteiger partial charge in [0.1, 0.15) is 5.75 Å². The maximum absolute atomic E-state index is 12.0. The van der Waals surface area contributed by atoms with Crippen LogP contribution in [-0.2, 0) is 4.79 Å². The fraction of sp³-hybridized carbons (Fsp3) is 0.0588. The monoisotopic (exact) mass is 310 g/mol. The van der Waals surface area contributed by atoms with Gasteiger partial charge in [0.15, 0.2) is 5.13 Å². The number of anilines is 1. The number of fused-ring (bicyclic) bond motifs is 1. The van der Waals surface area contributed by atoms with Gasteiger partial charge in [-0.15, -0.1) is 0 Å². The van der Waals surface area contributed by atoms with Crippen molar-refractivity contribution in [3.63, 3.8) is 0 Å². The summed E-state index contributed by atoms with van der Waals surface area (Å²) in [6, 6.07) is 15.3. The van der Waals surface area contributed by atoms with Gasteiger partial charge in [0.05, 0.1) is 17.3 Å². The quantitative estimate of drug-likeness (QED) is 0.742. The highest BCUT2D eigenvalue weighted by atomic mass is 32.1. The van der Waals surface area contributed by atoms with Crippen LogP contribution in [0.3, 0.4) is 0 Å². The van der Waals surface area contributed by atoms with Gasteiger partial charge in [-0.3, -0.25) is 10.1 Å². The Morgan fingerprint density at radius 2 is 1.95 bits per heavy atom. The van der Waals surface area contributed by atoms with Gasteiger partial charge in [-0.25, -0.2) is 4.98 Å². The van der Waals surface area contributed by atoms with Crippen LogP contribution in [0.4, 0.5) is 5.13 Å². The van der Waals surface area contributed by atoms with Crippen LogP contribution in [-0.4, -0.2) is 18.0 Å². The molecule has 22 heavy (non-hydrogen) atoms. The largest absolute Gasteiger partial charge is 0.496 e. The molecular formula is C17H14N2O2S. The molecule has 5 heteroatoms. The first kappa shape index (κ1) is 14.3. The number of carbonyl (C=O) groups excluding carboxylic acids is 1. The molecule has 0 spiro atoms. The third kappa shape index (κ3) is 3.15. The van der Waals surface area contributed by atoms with E-state index >= 15 is 0 Å². The van der Waals surface area contributed by atoms with Gasteiger partial charge in [-0.05, 0) is 24.3 Å². The minimum atomic E-state index is -0.218. The summed E-state index contributed by atoms with van der Waals surface area (Å²) in [7, 11) is 1.61. The van der Waals surface area contributed by atoms with Crippen LogP contribution in [0.25, 0.3) is 16.3 Å². The lowest BCUT2D eigenvalue weighted by atomic mass is 10.2. The van der Waals surface area contributed by atoms with Gasteiger partial charge in [-0.1, -0.05) is 41.7 Å². The second kappa shape index (κ2) is 6.41. The number of hydrogen-bond donors (Lipinski definition) is 1. The second-order valence-electron chi connectivity index (χ2n) is 4.55. The van der Waals surface area contributed by atoms with E-state index in [0.29, 0.717) is 5.13 Å². The van der Waals surface area contributed by atoms with Crippen molar-refractivity contribution in [3.05, 3.63) is 60.2 Å². The van der Waals surface area contributed by atoms with Crippen molar-refractivity contribution in [2.24, 2.45) is 0 Å². The molecule has 0 saturated carbocycles. The molecule has 0 saturated heterocycles. The van der Waals surface area contributed by atoms with Gasteiger partial charge in [-0.2, -0.15) is 0 Å². The predicted molar refractivity (Wildman–Crippen MR) is 90.3 cm³/mol. The fourth-order valence-electron chi connectivity index (χ4n) is 2.04. The SMILES string of the molecule is COc1ccccc1/C=C\C(=O)Nc1nc2ccccc2s1. The summed E-state index contributed by atoms with van der Waals surface area (Å²) in [6.45, 7) is 0. The average molecular weight is 310 g/mol. The summed E-state index contributed by atoms with van der Waals surface area (Å²) in [5.74, 6) is 0.511. The zero-order chi connectivity index (χ0) is 15.4. The van der Waals surface area contributed by atoms with Crippen molar-refractivity contribution in [3.8, 4) is 5.75 Å². The van der Waals surface area contributed by atoms with E-state index in [1.54, 1.807) is 13.2 Å². The van der Waals surface area contributed by atoms with Crippen molar-refractivity contribution in [1.29, 1.82) is 0 Å². The second-order valence-corrected chi connectivity index (χ2v) is 5.58. The summed E-state index contributed by atoms with van der Waals surface area (Å²) in [5.41, 5.74) is 1.74. The number of nitrogens with zero attached hydrogens (tertiary/aromatic N) is 1. The summed E-state index contributed by atoms with van der Waals surface area (Å²) in [5, 5.41) is 3.37. The Kier molecular flexibility index (Phi) is 4.16. The van der Waals surface area contributed by atoms with Crippen LogP contribution in [0.15, 0.2) is 54.6 Å². The summed E-state index contributed by atoms with van der Waals surface area (Å²) >= 11 is 1.45. The number of carbonyl (C=O) groups is 1. The van der Waals surface area contributed by atoms with E-state index < -0.39 is 0 Å². The van der Waals surface area contributed by atoms with Gasteiger partial charge in [0.2, 0.25) is 5.91 Å². The molecule has 3 rings (SSSR count). The van der Waals surface area contributed by atoms with E-state index in [4.69, 9.17) is 4.74 Å². The molecule has 1 heterocycles. The van der Waals surface area contributed by atoms with E-state index in [1.807, 2.05) is 48.5 Å². The highest BCUT2D eigenvalue weighted by Gasteiger charge is 2.05. The average Bonchev–Trinajstić information content (AvgIpc) is 2.95. The standard InChI is InChI=1S/C17H14N2O2S/c1-21-14-8-4-2-6-12(14)10-11-16(20)19-17-18-13-7-3-5-9-15(13)22-17/h2-11H,1H3,(H,18,19,20)/b11-10-. The zero-order valence-corrected chi connectivity index (χ0v) is 12.8. The first-order valence-electron chi connectivity index (χ1n) is 6.74. The summed E-state index contributed by atoms with van der Waals surface area (Å²) in [4.78, 5) is 16.4. The van der Waals surface area contributed by atoms with E-state index in [9.17, 15) is 4.79 Å². The summed E-state index contributed by atoms with van der Waals surface area (Å²) in [6.07, 6.45) is 3.20. The van der Waals surface area contributed by atoms with Crippen LogP contribution < -0.4 is 10.1 Å². The predicted octanol–water partition coefficient (Wildman–Crippen LogP) is 3.96. The number of amides is 1. The molecule has 4 nitrogen and oxygen atoms in total. The van der Waals surface area contributed by atoms with Crippen LogP contribution >= 0.6 is 11.3 Å². The topological polar surface area (TPSA) is 51.2 Å². The molecule has 0 atom stereocenters. The lowest BCUT2D eigenvalue weighted by Crippen LogP contribution is -2.07. The van der Waals surface area contributed by atoms with E-state index in [-0.39, 0.29) is 5.91 Å². The highest BCUT2D eigenvalue weighted by molar-refractivity contribution is 7.22. The third-order valence-electron chi connectivity index (χ3n) is 3.08. The maximum Gasteiger partial charge on any atom is 0.250 e. The lowest BCUT2D eigenvalue weighted by molar-refractivity contribution is -0.111. The molecule has 1 aromatic heterocycles. The molecule has 1 amide bonds. The van der Waals surface area contributed by atoms with Gasteiger partial charge in [0, 0.05) is 11.6 Å². The number of benzene rings is 2. The number of ether oxygens (including phenoxy) is 1. The Labute approximate surface area is 132 Å². The zero-order valence-electron chi connectivity index (χ0n) is 11.9. The Morgan fingerprint density at radius 1 is 1.18 bits per heavy atom. The Hall–Kier alpha value is -2.66. The first-order valence-corrected chi connectivity index (χ1v) is 7.55. The van der Waals surface area contributed by atoms with Crippen molar-refractivity contribution in [2.75, 3.05) is 12.4 Å². The number of hydrogen-bond acceptors (Lipinski definition) is 4. The highest BCUT2D eigenvalue weighted by Crippen LogP contribution is 2.25. The van der Waals surface area contributed by atoms with Gasteiger partial charge in [0.25, 0.3) is 0 Å². The fourth-order valence-corrected chi connectivity index (χ4v) is 2.91. The van der Waals surface area contributed by atoms with E-state index in [0.717, 1.165) is 21.5 Å². The number of aromatic nitrogens is 1. The van der Waals surface area contributed by atoms with E-state index in [2.05, 4.69) is 10.3 Å².